The minimum Gasteiger partial charge on any atom is -0.380 e. The van der Waals surface area contributed by atoms with Crippen molar-refractivity contribution in [2.75, 3.05) is 62.4 Å². The lowest BCUT2D eigenvalue weighted by atomic mass is 9.78. The minimum atomic E-state index is 0.347. The van der Waals surface area contributed by atoms with E-state index in [2.05, 4.69) is 19.8 Å². The topological polar surface area (TPSA) is 76.5 Å². The fourth-order valence-electron chi connectivity index (χ4n) is 3.57. The van der Waals surface area contributed by atoms with Crippen molar-refractivity contribution in [1.82, 2.24) is 19.9 Å². The number of anilines is 2. The van der Waals surface area contributed by atoms with Crippen LogP contribution in [0.5, 0.6) is 0 Å². The van der Waals surface area contributed by atoms with E-state index in [-0.39, 0.29) is 0 Å². The van der Waals surface area contributed by atoms with Crippen LogP contribution in [-0.2, 0) is 9.47 Å². The Kier molecular flexibility index (Phi) is 3.53. The van der Waals surface area contributed by atoms with Gasteiger partial charge in [-0.1, -0.05) is 0 Å². The quantitative estimate of drug-likeness (QED) is 0.804. The lowest BCUT2D eigenvalue weighted by molar-refractivity contribution is -0.127. The summed E-state index contributed by atoms with van der Waals surface area (Å²) in [6.07, 6.45) is 5.11. The van der Waals surface area contributed by atoms with E-state index in [0.29, 0.717) is 18.6 Å². The molecule has 5 heterocycles. The highest BCUT2D eigenvalue weighted by Crippen LogP contribution is 2.40. The molecule has 0 aromatic carbocycles. The van der Waals surface area contributed by atoms with Crippen LogP contribution in [0, 0.1) is 5.41 Å². The van der Waals surface area contributed by atoms with E-state index in [1.807, 2.05) is 6.07 Å². The summed E-state index contributed by atoms with van der Waals surface area (Å²) < 4.78 is 10.8. The van der Waals surface area contributed by atoms with Gasteiger partial charge >= 0.3 is 0 Å². The lowest BCUT2D eigenvalue weighted by Crippen LogP contribution is -2.66. The number of nitrogens with zero attached hydrogens (tertiary/aromatic N) is 6. The largest absolute Gasteiger partial charge is 0.380 e. The molecule has 5 rings (SSSR count). The van der Waals surface area contributed by atoms with Crippen molar-refractivity contribution in [3.63, 3.8) is 0 Å². The van der Waals surface area contributed by atoms with Crippen LogP contribution in [-0.4, -0.2) is 72.5 Å². The monoisotopic (exact) mass is 340 g/mol. The first kappa shape index (κ1) is 15.0. The van der Waals surface area contributed by atoms with E-state index in [4.69, 9.17) is 19.4 Å². The number of hydrogen-bond acceptors (Lipinski definition) is 8. The molecule has 0 saturated carbocycles. The molecule has 0 N–H and O–H groups in total. The molecule has 0 aliphatic carbocycles. The van der Waals surface area contributed by atoms with Crippen molar-refractivity contribution in [2.45, 2.75) is 0 Å². The highest BCUT2D eigenvalue weighted by molar-refractivity contribution is 5.64. The second-order valence-electron chi connectivity index (χ2n) is 6.99. The SMILES string of the molecule is c1ncc(-c2cc(N3CC4(COC4)C3)nc(N3CCOCC3)n2)cn1. The van der Waals surface area contributed by atoms with E-state index in [9.17, 15) is 0 Å². The Morgan fingerprint density at radius 3 is 2.36 bits per heavy atom. The minimum absolute atomic E-state index is 0.347. The van der Waals surface area contributed by atoms with Crippen LogP contribution in [0.4, 0.5) is 11.8 Å². The maximum Gasteiger partial charge on any atom is 0.228 e. The molecule has 3 saturated heterocycles. The molecule has 8 nitrogen and oxygen atoms in total. The molecular formula is C17H20N6O2. The van der Waals surface area contributed by atoms with Crippen LogP contribution in [0.15, 0.2) is 24.8 Å². The van der Waals surface area contributed by atoms with Crippen LogP contribution in [0.1, 0.15) is 0 Å². The average Bonchev–Trinajstić information content (AvgIpc) is 2.61. The molecule has 8 heteroatoms. The molecular weight excluding hydrogens is 320 g/mol. The normalized spacial score (nSPS) is 21.8. The summed E-state index contributed by atoms with van der Waals surface area (Å²) in [5, 5.41) is 0. The maximum absolute atomic E-state index is 5.45. The Morgan fingerprint density at radius 1 is 0.920 bits per heavy atom. The molecule has 130 valence electrons. The number of ether oxygens (including phenoxy) is 2. The maximum atomic E-state index is 5.45. The lowest BCUT2D eigenvalue weighted by Gasteiger charge is -2.55. The van der Waals surface area contributed by atoms with Crippen molar-refractivity contribution < 1.29 is 9.47 Å². The third-order valence-electron chi connectivity index (χ3n) is 5.04. The van der Waals surface area contributed by atoms with Gasteiger partial charge in [-0.25, -0.2) is 15.0 Å². The van der Waals surface area contributed by atoms with Gasteiger partial charge in [0, 0.05) is 50.2 Å². The van der Waals surface area contributed by atoms with Crippen molar-refractivity contribution in [1.29, 1.82) is 0 Å². The predicted octanol–water partition coefficient (Wildman–Crippen LogP) is 0.607. The summed E-state index contributed by atoms with van der Waals surface area (Å²) in [5.41, 5.74) is 2.11. The van der Waals surface area contributed by atoms with Gasteiger partial charge in [-0.2, -0.15) is 4.98 Å². The fourth-order valence-corrected chi connectivity index (χ4v) is 3.57. The second kappa shape index (κ2) is 5.89. The van der Waals surface area contributed by atoms with Gasteiger partial charge in [0.2, 0.25) is 5.95 Å². The van der Waals surface area contributed by atoms with Crippen molar-refractivity contribution in [3.8, 4) is 11.3 Å². The van der Waals surface area contributed by atoms with Gasteiger partial charge in [0.05, 0.1) is 37.5 Å². The third-order valence-corrected chi connectivity index (χ3v) is 5.04. The first-order valence-electron chi connectivity index (χ1n) is 8.61. The van der Waals surface area contributed by atoms with Crippen molar-refractivity contribution >= 4 is 11.8 Å². The fraction of sp³-hybridized carbons (Fsp3) is 0.529. The van der Waals surface area contributed by atoms with Crippen LogP contribution in [0.2, 0.25) is 0 Å². The summed E-state index contributed by atoms with van der Waals surface area (Å²) in [4.78, 5) is 22.3. The summed E-state index contributed by atoms with van der Waals surface area (Å²) in [6.45, 7) is 6.77. The molecule has 3 fully saturated rings. The van der Waals surface area contributed by atoms with Gasteiger partial charge < -0.3 is 19.3 Å². The van der Waals surface area contributed by atoms with Crippen LogP contribution >= 0.6 is 0 Å². The molecule has 0 radical (unpaired) electrons. The summed E-state index contributed by atoms with van der Waals surface area (Å²) in [5.74, 6) is 1.72. The molecule has 2 aromatic heterocycles. The van der Waals surface area contributed by atoms with E-state index in [1.54, 1.807) is 12.4 Å². The molecule has 0 bridgehead atoms. The molecule has 3 aliphatic rings. The molecule has 25 heavy (non-hydrogen) atoms. The Bertz CT molecular complexity index is 753. The molecule has 0 amide bonds. The Hall–Kier alpha value is -2.32. The summed E-state index contributed by atoms with van der Waals surface area (Å²) >= 11 is 0. The van der Waals surface area contributed by atoms with Crippen molar-refractivity contribution in [3.05, 3.63) is 24.8 Å². The van der Waals surface area contributed by atoms with E-state index in [0.717, 1.165) is 62.4 Å². The number of morpholine rings is 1. The molecule has 2 aromatic rings. The van der Waals surface area contributed by atoms with Crippen LogP contribution < -0.4 is 9.80 Å². The number of aromatic nitrogens is 4. The summed E-state index contributed by atoms with van der Waals surface area (Å²) in [7, 11) is 0. The third kappa shape index (κ3) is 2.71. The van der Waals surface area contributed by atoms with E-state index < -0.39 is 0 Å². The van der Waals surface area contributed by atoms with Gasteiger partial charge in [0.15, 0.2) is 0 Å². The van der Waals surface area contributed by atoms with Crippen molar-refractivity contribution in [2.24, 2.45) is 5.41 Å². The molecule has 0 unspecified atom stereocenters. The smallest absolute Gasteiger partial charge is 0.228 e. The van der Waals surface area contributed by atoms with E-state index in [1.165, 1.54) is 6.33 Å². The molecule has 0 atom stereocenters. The first-order chi connectivity index (χ1) is 12.3. The van der Waals surface area contributed by atoms with Crippen LogP contribution in [0.3, 0.4) is 0 Å². The molecule has 1 spiro atoms. The number of hydrogen-bond donors (Lipinski definition) is 0. The predicted molar refractivity (Wildman–Crippen MR) is 91.6 cm³/mol. The Morgan fingerprint density at radius 2 is 1.68 bits per heavy atom. The van der Waals surface area contributed by atoms with Gasteiger partial charge in [0.25, 0.3) is 0 Å². The molecule has 3 aliphatic heterocycles. The highest BCUT2D eigenvalue weighted by atomic mass is 16.5. The van der Waals surface area contributed by atoms with Crippen LogP contribution in [0.25, 0.3) is 11.3 Å². The zero-order valence-electron chi connectivity index (χ0n) is 14.0. The first-order valence-corrected chi connectivity index (χ1v) is 8.61. The second-order valence-corrected chi connectivity index (χ2v) is 6.99. The van der Waals surface area contributed by atoms with E-state index >= 15 is 0 Å². The van der Waals surface area contributed by atoms with Gasteiger partial charge in [-0.3, -0.25) is 0 Å². The highest BCUT2D eigenvalue weighted by Gasteiger charge is 2.49. The van der Waals surface area contributed by atoms with Gasteiger partial charge in [0.1, 0.15) is 12.1 Å². The van der Waals surface area contributed by atoms with Gasteiger partial charge in [-0.15, -0.1) is 0 Å². The summed E-state index contributed by atoms with van der Waals surface area (Å²) in [6, 6.07) is 2.04. The Labute approximate surface area is 145 Å². The zero-order chi connectivity index (χ0) is 16.7. The number of rotatable bonds is 3. The standard InChI is InChI=1S/C17H20N6O2/c1-3-24-4-2-22(1)16-20-14(13-6-18-12-19-7-13)5-15(21-16)23-8-17(9-23)10-25-11-17/h5-7,12H,1-4,8-11H2. The van der Waals surface area contributed by atoms with Gasteiger partial charge in [-0.05, 0) is 0 Å². The average molecular weight is 340 g/mol. The Balaban J connectivity index is 1.48. The zero-order valence-corrected chi connectivity index (χ0v) is 14.0.